The fourth-order valence-corrected chi connectivity index (χ4v) is 1.58. The van der Waals surface area contributed by atoms with Gasteiger partial charge in [-0.2, -0.15) is 0 Å². The van der Waals surface area contributed by atoms with Gasteiger partial charge in [0.05, 0.1) is 6.61 Å². The van der Waals surface area contributed by atoms with Gasteiger partial charge in [-0.1, -0.05) is 12.1 Å². The van der Waals surface area contributed by atoms with E-state index in [4.69, 9.17) is 10.8 Å². The third-order valence-electron chi connectivity index (χ3n) is 2.54. The molecule has 3 N–H and O–H groups in total. The lowest BCUT2D eigenvalue weighted by Gasteiger charge is -2.22. The molecule has 0 aromatic heterocycles. The number of likely N-dealkylation sites (N-methyl/N-ethyl adjacent to an activating group) is 1. The van der Waals surface area contributed by atoms with Crippen molar-refractivity contribution >= 4 is 5.69 Å². The molecule has 0 saturated carbocycles. The van der Waals surface area contributed by atoms with Crippen LogP contribution in [0.1, 0.15) is 25.5 Å². The number of benzene rings is 1. The molecule has 1 aromatic carbocycles. The van der Waals surface area contributed by atoms with Crippen molar-refractivity contribution in [3.8, 4) is 0 Å². The van der Waals surface area contributed by atoms with Crippen LogP contribution in [0.4, 0.5) is 5.69 Å². The molecule has 0 fully saturated rings. The van der Waals surface area contributed by atoms with Gasteiger partial charge in [-0.25, -0.2) is 0 Å². The van der Waals surface area contributed by atoms with Gasteiger partial charge >= 0.3 is 0 Å². The molecule has 0 aliphatic carbocycles. The van der Waals surface area contributed by atoms with Crippen molar-refractivity contribution in [1.82, 2.24) is 0 Å². The summed E-state index contributed by atoms with van der Waals surface area (Å²) in [5, 5.41) is 8.91. The zero-order valence-corrected chi connectivity index (χ0v) is 9.48. The Bertz CT molecular complexity index is 282. The van der Waals surface area contributed by atoms with Crippen molar-refractivity contribution in [3.63, 3.8) is 0 Å². The Morgan fingerprint density at radius 3 is 2.33 bits per heavy atom. The van der Waals surface area contributed by atoms with E-state index in [0.29, 0.717) is 6.54 Å². The summed E-state index contributed by atoms with van der Waals surface area (Å²) in [7, 11) is 0. The smallest absolute Gasteiger partial charge is 0.0606 e. The molecule has 0 aliphatic rings. The highest BCUT2D eigenvalue weighted by Gasteiger charge is 2.04. The minimum Gasteiger partial charge on any atom is -0.395 e. The van der Waals surface area contributed by atoms with Crippen LogP contribution in [-0.2, 0) is 0 Å². The molecule has 0 saturated heterocycles. The summed E-state index contributed by atoms with van der Waals surface area (Å²) < 4.78 is 0. The number of rotatable bonds is 5. The first-order valence-corrected chi connectivity index (χ1v) is 5.40. The van der Waals surface area contributed by atoms with Crippen LogP contribution >= 0.6 is 0 Å². The molecule has 0 amide bonds. The number of nitrogens with two attached hydrogens (primary N) is 1. The van der Waals surface area contributed by atoms with E-state index in [1.807, 2.05) is 19.1 Å². The second-order valence-electron chi connectivity index (χ2n) is 3.68. The number of nitrogens with zero attached hydrogens (tertiary/aromatic N) is 1. The van der Waals surface area contributed by atoms with Crippen LogP contribution in [0.15, 0.2) is 24.3 Å². The lowest BCUT2D eigenvalue weighted by molar-refractivity contribution is 0.302. The molecular formula is C12H20N2O. The topological polar surface area (TPSA) is 49.5 Å². The molecule has 0 radical (unpaired) electrons. The molecule has 0 bridgehead atoms. The van der Waals surface area contributed by atoms with E-state index >= 15 is 0 Å². The predicted octanol–water partition coefficient (Wildman–Crippen LogP) is 1.52. The van der Waals surface area contributed by atoms with Gasteiger partial charge in [0.1, 0.15) is 0 Å². The molecule has 3 heteroatoms. The molecule has 1 atom stereocenters. The SMILES string of the molecule is CCN(CCO)c1ccc([C@@H](C)N)cc1. The summed E-state index contributed by atoms with van der Waals surface area (Å²) in [5.74, 6) is 0. The van der Waals surface area contributed by atoms with E-state index in [-0.39, 0.29) is 12.6 Å². The highest BCUT2D eigenvalue weighted by molar-refractivity contribution is 5.47. The summed E-state index contributed by atoms with van der Waals surface area (Å²) in [4.78, 5) is 2.13. The average molecular weight is 208 g/mol. The fraction of sp³-hybridized carbons (Fsp3) is 0.500. The molecule has 0 spiro atoms. The van der Waals surface area contributed by atoms with Gasteiger partial charge < -0.3 is 15.7 Å². The first kappa shape index (κ1) is 12.0. The van der Waals surface area contributed by atoms with Crippen LogP contribution in [0, 0.1) is 0 Å². The average Bonchev–Trinajstić information content (AvgIpc) is 2.26. The van der Waals surface area contributed by atoms with Crippen LogP contribution < -0.4 is 10.6 Å². The molecule has 0 heterocycles. The van der Waals surface area contributed by atoms with Crippen LogP contribution in [-0.4, -0.2) is 24.8 Å². The van der Waals surface area contributed by atoms with Gasteiger partial charge in [-0.15, -0.1) is 0 Å². The largest absolute Gasteiger partial charge is 0.395 e. The van der Waals surface area contributed by atoms with Crippen LogP contribution in [0.3, 0.4) is 0 Å². The maximum Gasteiger partial charge on any atom is 0.0606 e. The van der Waals surface area contributed by atoms with Crippen LogP contribution in [0.5, 0.6) is 0 Å². The molecule has 1 rings (SSSR count). The molecule has 15 heavy (non-hydrogen) atoms. The van der Waals surface area contributed by atoms with Gasteiger partial charge in [0.2, 0.25) is 0 Å². The van der Waals surface area contributed by atoms with Crippen molar-refractivity contribution in [2.24, 2.45) is 5.73 Å². The van der Waals surface area contributed by atoms with Gasteiger partial charge in [0, 0.05) is 24.8 Å². The summed E-state index contributed by atoms with van der Waals surface area (Å²) in [6, 6.07) is 8.27. The van der Waals surface area contributed by atoms with Gasteiger partial charge in [0.15, 0.2) is 0 Å². The normalized spacial score (nSPS) is 12.5. The first-order valence-electron chi connectivity index (χ1n) is 5.40. The van der Waals surface area contributed by atoms with Crippen molar-refractivity contribution in [2.75, 3.05) is 24.6 Å². The van der Waals surface area contributed by atoms with Gasteiger partial charge in [-0.3, -0.25) is 0 Å². The van der Waals surface area contributed by atoms with E-state index in [9.17, 15) is 0 Å². The molecule has 3 nitrogen and oxygen atoms in total. The Morgan fingerprint density at radius 2 is 1.93 bits per heavy atom. The van der Waals surface area contributed by atoms with Crippen molar-refractivity contribution < 1.29 is 5.11 Å². The number of hydrogen-bond donors (Lipinski definition) is 2. The minimum atomic E-state index is 0.0759. The quantitative estimate of drug-likeness (QED) is 0.771. The second-order valence-corrected chi connectivity index (χ2v) is 3.68. The maximum atomic E-state index is 8.91. The highest BCUT2D eigenvalue weighted by atomic mass is 16.3. The van der Waals surface area contributed by atoms with Gasteiger partial charge in [0.25, 0.3) is 0 Å². The molecule has 1 aromatic rings. The monoisotopic (exact) mass is 208 g/mol. The van der Waals surface area contributed by atoms with Crippen molar-refractivity contribution in [3.05, 3.63) is 29.8 Å². The van der Waals surface area contributed by atoms with E-state index in [1.165, 1.54) is 0 Å². The van der Waals surface area contributed by atoms with E-state index in [1.54, 1.807) is 0 Å². The molecule has 0 aliphatic heterocycles. The third-order valence-corrected chi connectivity index (χ3v) is 2.54. The summed E-state index contributed by atoms with van der Waals surface area (Å²) >= 11 is 0. The summed E-state index contributed by atoms with van der Waals surface area (Å²) in [6.45, 7) is 5.81. The Hall–Kier alpha value is -1.06. The lowest BCUT2D eigenvalue weighted by atomic mass is 10.1. The van der Waals surface area contributed by atoms with E-state index in [0.717, 1.165) is 17.8 Å². The molecular weight excluding hydrogens is 188 g/mol. The van der Waals surface area contributed by atoms with Crippen molar-refractivity contribution in [2.45, 2.75) is 19.9 Å². The predicted molar refractivity (Wildman–Crippen MR) is 64.0 cm³/mol. The van der Waals surface area contributed by atoms with E-state index in [2.05, 4.69) is 24.0 Å². The van der Waals surface area contributed by atoms with Crippen LogP contribution in [0.25, 0.3) is 0 Å². The lowest BCUT2D eigenvalue weighted by Crippen LogP contribution is -2.26. The number of aliphatic hydroxyl groups excluding tert-OH is 1. The number of aliphatic hydroxyl groups is 1. The van der Waals surface area contributed by atoms with Crippen LogP contribution in [0.2, 0.25) is 0 Å². The third kappa shape index (κ3) is 3.22. The summed E-state index contributed by atoms with van der Waals surface area (Å²) in [6.07, 6.45) is 0. The number of anilines is 1. The molecule has 84 valence electrons. The van der Waals surface area contributed by atoms with E-state index < -0.39 is 0 Å². The Morgan fingerprint density at radius 1 is 1.33 bits per heavy atom. The summed E-state index contributed by atoms with van der Waals surface area (Å²) in [5.41, 5.74) is 8.05. The zero-order chi connectivity index (χ0) is 11.3. The Kier molecular flexibility index (Phi) is 4.59. The first-order chi connectivity index (χ1) is 7.19. The Labute approximate surface area is 91.5 Å². The maximum absolute atomic E-state index is 8.91. The number of hydrogen-bond acceptors (Lipinski definition) is 3. The zero-order valence-electron chi connectivity index (χ0n) is 9.48. The standard InChI is InChI=1S/C12H20N2O/c1-3-14(8-9-15)12-6-4-11(5-7-12)10(2)13/h4-7,10,15H,3,8-9,13H2,1-2H3/t10-/m1/s1. The highest BCUT2D eigenvalue weighted by Crippen LogP contribution is 2.17. The minimum absolute atomic E-state index is 0.0759. The van der Waals surface area contributed by atoms with Gasteiger partial charge in [-0.05, 0) is 31.5 Å². The molecule has 0 unspecified atom stereocenters. The fourth-order valence-electron chi connectivity index (χ4n) is 1.58. The second kappa shape index (κ2) is 5.73. The Balaban J connectivity index is 2.77. The van der Waals surface area contributed by atoms with Crippen molar-refractivity contribution in [1.29, 1.82) is 0 Å².